The fraction of sp³-hybridized carbons (Fsp3) is 0.231. The minimum atomic E-state index is -0.783. The Balaban J connectivity index is 1.59. The van der Waals surface area contributed by atoms with Gasteiger partial charge in [-0.15, -0.1) is 0 Å². The molecule has 0 radical (unpaired) electrons. The summed E-state index contributed by atoms with van der Waals surface area (Å²) in [5.74, 6) is -0.926. The van der Waals surface area contributed by atoms with Crippen LogP contribution in [0.25, 0.3) is 0 Å². The third kappa shape index (κ3) is 4.23. The molecule has 1 heterocycles. The molecule has 3 aromatic carbocycles. The van der Waals surface area contributed by atoms with Gasteiger partial charge >= 0.3 is 0 Å². The lowest BCUT2D eigenvalue weighted by molar-refractivity contribution is -0.141. The second kappa shape index (κ2) is 8.47. The van der Waals surface area contributed by atoms with E-state index in [2.05, 4.69) is 5.32 Å². The first-order valence-corrected chi connectivity index (χ1v) is 11.5. The number of fused-ring (bicyclic) bond motifs is 1. The van der Waals surface area contributed by atoms with Crippen molar-refractivity contribution in [1.82, 2.24) is 4.90 Å². The quantitative estimate of drug-likeness (QED) is 0.493. The summed E-state index contributed by atoms with van der Waals surface area (Å²) >= 11 is 12.3. The number of rotatable bonds is 4. The summed E-state index contributed by atoms with van der Waals surface area (Å²) < 4.78 is 15.0. The summed E-state index contributed by atoms with van der Waals surface area (Å²) in [5, 5.41) is 3.93. The van der Waals surface area contributed by atoms with E-state index in [1.165, 1.54) is 11.0 Å². The summed E-state index contributed by atoms with van der Waals surface area (Å²) in [7, 11) is 0. The minimum absolute atomic E-state index is 0.159. The van der Waals surface area contributed by atoms with Gasteiger partial charge in [0.2, 0.25) is 11.8 Å². The average Bonchev–Trinajstić information content (AvgIpc) is 3.59. The molecule has 2 amide bonds. The number of benzene rings is 3. The van der Waals surface area contributed by atoms with Crippen LogP contribution in [0.3, 0.4) is 0 Å². The first-order valence-electron chi connectivity index (χ1n) is 10.8. The Hall–Kier alpha value is -2.89. The van der Waals surface area contributed by atoms with Crippen LogP contribution in [0.5, 0.6) is 0 Å². The van der Waals surface area contributed by atoms with Crippen molar-refractivity contribution >= 4 is 40.7 Å². The summed E-state index contributed by atoms with van der Waals surface area (Å²) in [4.78, 5) is 28.3. The predicted octanol–water partition coefficient (Wildman–Crippen LogP) is 6.03. The number of carbonyl (C=O) groups is 2. The molecule has 1 atom stereocenters. The number of amides is 2. The highest BCUT2D eigenvalue weighted by Crippen LogP contribution is 2.52. The zero-order chi connectivity index (χ0) is 23.2. The van der Waals surface area contributed by atoms with Gasteiger partial charge in [-0.1, -0.05) is 53.5 Å². The number of nitrogens with zero attached hydrogens (tertiary/aromatic N) is 1. The maximum absolute atomic E-state index is 15.0. The molecule has 2 aliphatic rings. The van der Waals surface area contributed by atoms with Gasteiger partial charge in [-0.2, -0.15) is 0 Å². The second-order valence-corrected chi connectivity index (χ2v) is 9.59. The molecule has 0 saturated heterocycles. The van der Waals surface area contributed by atoms with Gasteiger partial charge in [0.1, 0.15) is 12.4 Å². The van der Waals surface area contributed by atoms with E-state index in [9.17, 15) is 9.59 Å². The van der Waals surface area contributed by atoms with Gasteiger partial charge in [0.25, 0.3) is 0 Å². The largest absolute Gasteiger partial charge is 0.324 e. The van der Waals surface area contributed by atoms with Crippen LogP contribution < -0.4 is 5.32 Å². The first kappa shape index (κ1) is 21.9. The molecule has 0 aromatic heterocycles. The zero-order valence-electron chi connectivity index (χ0n) is 17.7. The summed E-state index contributed by atoms with van der Waals surface area (Å²) in [6, 6.07) is 18.0. The van der Waals surface area contributed by atoms with Crippen LogP contribution in [-0.4, -0.2) is 23.3 Å². The van der Waals surface area contributed by atoms with Gasteiger partial charge in [0.05, 0.1) is 11.5 Å². The van der Waals surface area contributed by atoms with Crippen molar-refractivity contribution in [2.75, 3.05) is 11.9 Å². The van der Waals surface area contributed by atoms with Gasteiger partial charge < -0.3 is 10.2 Å². The molecule has 5 rings (SSSR count). The fourth-order valence-electron chi connectivity index (χ4n) is 4.61. The van der Waals surface area contributed by atoms with E-state index in [1.54, 1.807) is 48.5 Å². The number of hydrogen-bond acceptors (Lipinski definition) is 2. The van der Waals surface area contributed by atoms with E-state index in [-0.39, 0.29) is 18.4 Å². The van der Waals surface area contributed by atoms with Crippen molar-refractivity contribution in [3.63, 3.8) is 0 Å². The van der Waals surface area contributed by atoms with E-state index in [0.29, 0.717) is 46.1 Å². The third-order valence-electron chi connectivity index (χ3n) is 6.43. The fourth-order valence-corrected chi connectivity index (χ4v) is 4.92. The molecule has 7 heteroatoms. The first-order chi connectivity index (χ1) is 15.9. The summed E-state index contributed by atoms with van der Waals surface area (Å²) in [5.41, 5.74) is 1.81. The highest BCUT2D eigenvalue weighted by atomic mass is 35.5. The maximum Gasteiger partial charge on any atom is 0.244 e. The molecular weight excluding hydrogens is 462 g/mol. The Labute approximate surface area is 201 Å². The molecular formula is C26H21Cl2FN2O2. The SMILES string of the molecule is O=C1CN(C(=O)C2(Cc3ccc(Cl)cc3)CC2)C(c2ccccc2F)c2cc(Cl)ccc2N1. The number of anilines is 1. The van der Waals surface area contributed by atoms with Crippen molar-refractivity contribution < 1.29 is 14.0 Å². The van der Waals surface area contributed by atoms with Crippen molar-refractivity contribution in [2.45, 2.75) is 25.3 Å². The topological polar surface area (TPSA) is 49.4 Å². The molecule has 168 valence electrons. The van der Waals surface area contributed by atoms with Crippen LogP contribution >= 0.6 is 23.2 Å². The van der Waals surface area contributed by atoms with E-state index in [1.807, 2.05) is 12.1 Å². The molecule has 3 aromatic rings. The number of hydrogen-bond donors (Lipinski definition) is 1. The van der Waals surface area contributed by atoms with Gasteiger partial charge in [0.15, 0.2) is 0 Å². The molecule has 1 fully saturated rings. The summed E-state index contributed by atoms with van der Waals surface area (Å²) in [6.07, 6.45) is 1.95. The van der Waals surface area contributed by atoms with Crippen LogP contribution in [0.4, 0.5) is 10.1 Å². The Kier molecular flexibility index (Phi) is 5.63. The minimum Gasteiger partial charge on any atom is -0.324 e. The van der Waals surface area contributed by atoms with Gasteiger partial charge in [-0.3, -0.25) is 9.59 Å². The predicted molar refractivity (Wildman–Crippen MR) is 127 cm³/mol. The van der Waals surface area contributed by atoms with E-state index in [0.717, 1.165) is 5.56 Å². The van der Waals surface area contributed by atoms with Gasteiger partial charge in [-0.05, 0) is 61.2 Å². The van der Waals surface area contributed by atoms with Crippen LogP contribution in [0, 0.1) is 11.2 Å². The van der Waals surface area contributed by atoms with Crippen LogP contribution in [0.2, 0.25) is 10.0 Å². The Bertz CT molecular complexity index is 1240. The lowest BCUT2D eigenvalue weighted by Gasteiger charge is -2.34. The molecule has 1 N–H and O–H groups in total. The van der Waals surface area contributed by atoms with Gasteiger partial charge in [0, 0.05) is 26.9 Å². The molecule has 1 unspecified atom stereocenters. The lowest BCUT2D eigenvalue weighted by Crippen LogP contribution is -2.44. The monoisotopic (exact) mass is 482 g/mol. The molecule has 1 saturated carbocycles. The zero-order valence-corrected chi connectivity index (χ0v) is 19.2. The molecule has 0 spiro atoms. The smallest absolute Gasteiger partial charge is 0.244 e. The molecule has 1 aliphatic carbocycles. The average molecular weight is 483 g/mol. The van der Waals surface area contributed by atoms with E-state index < -0.39 is 17.3 Å². The molecule has 0 bridgehead atoms. The lowest BCUT2D eigenvalue weighted by atomic mass is 9.91. The van der Waals surface area contributed by atoms with Crippen LogP contribution in [0.15, 0.2) is 66.7 Å². The standard InChI is InChI=1S/C26H21Cl2FN2O2/c27-17-7-5-16(6-8-17)14-26(11-12-26)25(33)31-15-23(32)30-22-10-9-18(28)13-20(22)24(31)19-3-1-2-4-21(19)29/h1-10,13,24H,11-12,14-15H2,(H,30,32). The third-order valence-corrected chi connectivity index (χ3v) is 6.92. The number of carbonyl (C=O) groups excluding carboxylic acids is 2. The molecule has 33 heavy (non-hydrogen) atoms. The maximum atomic E-state index is 15.0. The number of nitrogens with one attached hydrogen (secondary N) is 1. The highest BCUT2D eigenvalue weighted by Gasteiger charge is 2.53. The molecule has 4 nitrogen and oxygen atoms in total. The van der Waals surface area contributed by atoms with Crippen molar-refractivity contribution in [1.29, 1.82) is 0 Å². The number of halogens is 3. The Morgan fingerprint density at radius 3 is 2.39 bits per heavy atom. The Morgan fingerprint density at radius 1 is 1.00 bits per heavy atom. The normalized spacial score (nSPS) is 18.8. The van der Waals surface area contributed by atoms with E-state index >= 15 is 4.39 Å². The summed E-state index contributed by atoms with van der Waals surface area (Å²) in [6.45, 7) is -0.174. The molecule has 1 aliphatic heterocycles. The van der Waals surface area contributed by atoms with E-state index in [4.69, 9.17) is 23.2 Å². The van der Waals surface area contributed by atoms with Gasteiger partial charge in [-0.25, -0.2) is 4.39 Å². The van der Waals surface area contributed by atoms with Crippen molar-refractivity contribution in [2.24, 2.45) is 5.41 Å². The second-order valence-electron chi connectivity index (χ2n) is 8.72. The van der Waals surface area contributed by atoms with Crippen LogP contribution in [0.1, 0.15) is 35.6 Å². The van der Waals surface area contributed by atoms with Crippen molar-refractivity contribution in [3.05, 3.63) is 99.3 Å². The Morgan fingerprint density at radius 2 is 1.70 bits per heavy atom. The van der Waals surface area contributed by atoms with Crippen LogP contribution in [-0.2, 0) is 16.0 Å². The van der Waals surface area contributed by atoms with Crippen molar-refractivity contribution in [3.8, 4) is 0 Å². The highest BCUT2D eigenvalue weighted by molar-refractivity contribution is 6.31.